The summed E-state index contributed by atoms with van der Waals surface area (Å²) in [5.41, 5.74) is 0.471. The van der Waals surface area contributed by atoms with E-state index >= 15 is 0 Å². The lowest BCUT2D eigenvalue weighted by atomic mass is 10.2. The molecular formula is C10H11FN2O2S. The fourth-order valence-electron chi connectivity index (χ4n) is 1.14. The highest BCUT2D eigenvalue weighted by Crippen LogP contribution is 2.06. The zero-order valence-electron chi connectivity index (χ0n) is 8.64. The lowest BCUT2D eigenvalue weighted by Gasteiger charge is -2.07. The molecule has 0 amide bonds. The molecule has 0 saturated heterocycles. The number of sulfonamides is 1. The van der Waals surface area contributed by atoms with Gasteiger partial charge >= 0.3 is 0 Å². The van der Waals surface area contributed by atoms with Crippen molar-refractivity contribution in [2.45, 2.75) is 18.7 Å². The average molecular weight is 242 g/mol. The van der Waals surface area contributed by atoms with Gasteiger partial charge in [0.1, 0.15) is 11.9 Å². The van der Waals surface area contributed by atoms with Gasteiger partial charge in [-0.25, -0.2) is 12.8 Å². The molecule has 0 spiro atoms. The van der Waals surface area contributed by atoms with Gasteiger partial charge in [0.05, 0.1) is 11.8 Å². The van der Waals surface area contributed by atoms with Crippen molar-refractivity contribution in [3.8, 4) is 6.07 Å². The molecule has 0 radical (unpaired) electrons. The molecule has 1 N–H and O–H groups in total. The number of hydrogen-bond donors (Lipinski definition) is 1. The van der Waals surface area contributed by atoms with E-state index in [2.05, 4.69) is 4.72 Å². The molecule has 1 atom stereocenters. The first-order chi connectivity index (χ1) is 7.43. The van der Waals surface area contributed by atoms with E-state index in [1.165, 1.54) is 31.2 Å². The monoisotopic (exact) mass is 242 g/mol. The molecule has 0 aliphatic rings. The van der Waals surface area contributed by atoms with Gasteiger partial charge in [-0.05, 0) is 24.6 Å². The number of hydrogen-bond acceptors (Lipinski definition) is 3. The first kappa shape index (κ1) is 12.6. The smallest absolute Gasteiger partial charge is 0.212 e. The third-order valence-electron chi connectivity index (χ3n) is 1.82. The molecule has 0 heterocycles. The van der Waals surface area contributed by atoms with Crippen molar-refractivity contribution in [1.82, 2.24) is 4.72 Å². The normalized spacial score (nSPS) is 13.1. The first-order valence-electron chi connectivity index (χ1n) is 4.57. The molecule has 86 valence electrons. The number of nitriles is 1. The van der Waals surface area contributed by atoms with Crippen LogP contribution in [0.1, 0.15) is 12.5 Å². The molecule has 0 bridgehead atoms. The summed E-state index contributed by atoms with van der Waals surface area (Å²) in [5, 5.41) is 8.47. The highest BCUT2D eigenvalue weighted by Gasteiger charge is 2.14. The van der Waals surface area contributed by atoms with Crippen LogP contribution in [0, 0.1) is 17.1 Å². The second kappa shape index (κ2) is 5.05. The quantitative estimate of drug-likeness (QED) is 0.861. The van der Waals surface area contributed by atoms with Crippen molar-refractivity contribution in [3.05, 3.63) is 35.6 Å². The summed E-state index contributed by atoms with van der Waals surface area (Å²) < 4.78 is 37.8. The van der Waals surface area contributed by atoms with Crippen LogP contribution in [0.5, 0.6) is 0 Å². The Hall–Kier alpha value is -1.45. The van der Waals surface area contributed by atoms with Gasteiger partial charge in [0.2, 0.25) is 10.0 Å². The molecule has 0 aliphatic heterocycles. The van der Waals surface area contributed by atoms with Crippen LogP contribution in [0.4, 0.5) is 4.39 Å². The molecule has 1 unspecified atom stereocenters. The van der Waals surface area contributed by atoms with Gasteiger partial charge in [0, 0.05) is 0 Å². The van der Waals surface area contributed by atoms with Crippen LogP contribution in [0.3, 0.4) is 0 Å². The van der Waals surface area contributed by atoms with E-state index in [9.17, 15) is 12.8 Å². The second-order valence-electron chi connectivity index (χ2n) is 3.35. The molecule has 1 rings (SSSR count). The van der Waals surface area contributed by atoms with Gasteiger partial charge in [0.25, 0.3) is 0 Å². The summed E-state index contributed by atoms with van der Waals surface area (Å²) in [6.45, 7) is 1.45. The van der Waals surface area contributed by atoms with Gasteiger partial charge in [-0.3, -0.25) is 0 Å². The van der Waals surface area contributed by atoms with E-state index in [0.29, 0.717) is 5.56 Å². The van der Waals surface area contributed by atoms with Crippen LogP contribution in [0.15, 0.2) is 24.3 Å². The molecule has 0 saturated carbocycles. The number of rotatable bonds is 4. The molecule has 4 nitrogen and oxygen atoms in total. The summed E-state index contributed by atoms with van der Waals surface area (Å²) in [7, 11) is -3.55. The minimum absolute atomic E-state index is 0.265. The maximum absolute atomic E-state index is 12.6. The topological polar surface area (TPSA) is 70.0 Å². The summed E-state index contributed by atoms with van der Waals surface area (Å²) in [5.74, 6) is -0.682. The van der Waals surface area contributed by atoms with Crippen LogP contribution < -0.4 is 4.72 Å². The number of nitrogens with one attached hydrogen (secondary N) is 1. The van der Waals surface area contributed by atoms with Crippen molar-refractivity contribution in [1.29, 1.82) is 5.26 Å². The van der Waals surface area contributed by atoms with E-state index in [1.807, 2.05) is 0 Å². The van der Waals surface area contributed by atoms with Crippen LogP contribution in [0.25, 0.3) is 0 Å². The Morgan fingerprint density at radius 2 is 2.00 bits per heavy atom. The summed E-state index contributed by atoms with van der Waals surface area (Å²) >= 11 is 0. The molecule has 0 aliphatic carbocycles. The van der Waals surface area contributed by atoms with Gasteiger partial charge in [-0.1, -0.05) is 12.1 Å². The Balaban J connectivity index is 2.74. The van der Waals surface area contributed by atoms with Crippen molar-refractivity contribution in [3.63, 3.8) is 0 Å². The van der Waals surface area contributed by atoms with E-state index in [-0.39, 0.29) is 5.75 Å². The fraction of sp³-hybridized carbons (Fsp3) is 0.300. The molecule has 6 heteroatoms. The van der Waals surface area contributed by atoms with Gasteiger partial charge in [0.15, 0.2) is 0 Å². The lowest BCUT2D eigenvalue weighted by molar-refractivity contribution is 0.576. The summed E-state index contributed by atoms with van der Waals surface area (Å²) in [6, 6.07) is 6.17. The minimum Gasteiger partial charge on any atom is -0.212 e. The summed E-state index contributed by atoms with van der Waals surface area (Å²) in [6.07, 6.45) is 0. The van der Waals surface area contributed by atoms with Crippen molar-refractivity contribution >= 4 is 10.0 Å². The third-order valence-corrected chi connectivity index (χ3v) is 3.25. The maximum Gasteiger partial charge on any atom is 0.216 e. The van der Waals surface area contributed by atoms with E-state index < -0.39 is 21.9 Å². The molecule has 1 aromatic carbocycles. The first-order valence-corrected chi connectivity index (χ1v) is 6.22. The van der Waals surface area contributed by atoms with E-state index in [1.54, 1.807) is 6.07 Å². The lowest BCUT2D eigenvalue weighted by Crippen LogP contribution is -2.32. The zero-order valence-corrected chi connectivity index (χ0v) is 9.46. The number of halogens is 1. The fourth-order valence-corrected chi connectivity index (χ4v) is 2.44. The van der Waals surface area contributed by atoms with E-state index in [0.717, 1.165) is 0 Å². The van der Waals surface area contributed by atoms with Crippen LogP contribution in [0.2, 0.25) is 0 Å². The average Bonchev–Trinajstić information content (AvgIpc) is 2.20. The molecule has 16 heavy (non-hydrogen) atoms. The highest BCUT2D eigenvalue weighted by molar-refractivity contribution is 7.88. The van der Waals surface area contributed by atoms with Crippen molar-refractivity contribution < 1.29 is 12.8 Å². The second-order valence-corrected chi connectivity index (χ2v) is 5.11. The van der Waals surface area contributed by atoms with Crippen LogP contribution in [-0.4, -0.2) is 14.5 Å². The number of nitrogens with zero attached hydrogens (tertiary/aromatic N) is 1. The third kappa shape index (κ3) is 3.96. The van der Waals surface area contributed by atoms with Gasteiger partial charge < -0.3 is 0 Å². The Bertz CT molecular complexity index is 491. The van der Waals surface area contributed by atoms with Gasteiger partial charge in [-0.15, -0.1) is 0 Å². The van der Waals surface area contributed by atoms with E-state index in [4.69, 9.17) is 5.26 Å². The van der Waals surface area contributed by atoms with Crippen molar-refractivity contribution in [2.75, 3.05) is 0 Å². The predicted molar refractivity (Wildman–Crippen MR) is 57.2 cm³/mol. The molecule has 0 aromatic heterocycles. The maximum atomic E-state index is 12.6. The standard InChI is InChI=1S/C10H11FN2O2S/c1-8(6-12)13-16(14,15)7-9-2-4-10(11)5-3-9/h2-5,8,13H,7H2,1H3. The SMILES string of the molecule is CC(C#N)NS(=O)(=O)Cc1ccc(F)cc1. The predicted octanol–water partition coefficient (Wildman–Crippen LogP) is 1.16. The molecule has 1 aromatic rings. The largest absolute Gasteiger partial charge is 0.216 e. The zero-order chi connectivity index (χ0) is 12.2. The Morgan fingerprint density at radius 1 is 1.44 bits per heavy atom. The Morgan fingerprint density at radius 3 is 2.50 bits per heavy atom. The number of benzene rings is 1. The Labute approximate surface area is 93.8 Å². The minimum atomic E-state index is -3.55. The molecular weight excluding hydrogens is 231 g/mol. The van der Waals surface area contributed by atoms with Crippen LogP contribution in [-0.2, 0) is 15.8 Å². The highest BCUT2D eigenvalue weighted by atomic mass is 32.2. The molecule has 0 fully saturated rings. The van der Waals surface area contributed by atoms with Crippen molar-refractivity contribution in [2.24, 2.45) is 0 Å². The summed E-state index contributed by atoms with van der Waals surface area (Å²) in [4.78, 5) is 0. The van der Waals surface area contributed by atoms with Gasteiger partial charge in [-0.2, -0.15) is 9.98 Å². The Kier molecular flexibility index (Phi) is 3.99. The van der Waals surface area contributed by atoms with Crippen LogP contribution >= 0.6 is 0 Å².